The molecule has 0 amide bonds. The average molecular weight is 543 g/mol. The van der Waals surface area contributed by atoms with Crippen LogP contribution in [-0.4, -0.2) is 10.9 Å². The van der Waals surface area contributed by atoms with Gasteiger partial charge in [-0.3, -0.25) is 4.79 Å². The Balaban J connectivity index is 1.30. The molecule has 0 aromatic heterocycles. The van der Waals surface area contributed by atoms with Crippen molar-refractivity contribution in [2.75, 3.05) is 0 Å². The summed E-state index contributed by atoms with van der Waals surface area (Å²) in [6.07, 6.45) is 2.99. The molecule has 5 heteroatoms. The Morgan fingerprint density at radius 1 is 0.585 bits per heavy atom. The molecular formula is C36H30O5. The number of hydrogen-bond acceptors (Lipinski definition) is 5. The van der Waals surface area contributed by atoms with E-state index in [0.29, 0.717) is 48.2 Å². The van der Waals surface area contributed by atoms with E-state index in [-0.39, 0.29) is 11.5 Å². The fourth-order valence-corrected chi connectivity index (χ4v) is 4.15. The molecule has 0 aliphatic heterocycles. The molecule has 1 N–H and O–H groups in total. The molecule has 5 rings (SSSR count). The molecule has 0 atom stereocenters. The van der Waals surface area contributed by atoms with Gasteiger partial charge < -0.3 is 19.3 Å². The zero-order valence-corrected chi connectivity index (χ0v) is 22.5. The molecular weight excluding hydrogens is 512 g/mol. The molecule has 204 valence electrons. The molecule has 0 fully saturated rings. The first-order chi connectivity index (χ1) is 20.1. The molecule has 41 heavy (non-hydrogen) atoms. The minimum atomic E-state index is -0.211. The molecule has 0 aliphatic rings. The van der Waals surface area contributed by atoms with Crippen LogP contribution in [0.25, 0.3) is 6.08 Å². The van der Waals surface area contributed by atoms with Gasteiger partial charge >= 0.3 is 0 Å². The van der Waals surface area contributed by atoms with E-state index in [1.54, 1.807) is 36.4 Å². The number of phenols is 1. The van der Waals surface area contributed by atoms with E-state index in [0.717, 1.165) is 16.7 Å². The van der Waals surface area contributed by atoms with E-state index in [4.69, 9.17) is 14.2 Å². The Morgan fingerprint density at radius 2 is 1.07 bits per heavy atom. The van der Waals surface area contributed by atoms with Gasteiger partial charge in [-0.1, -0.05) is 91.0 Å². The first kappa shape index (κ1) is 27.3. The van der Waals surface area contributed by atoms with Crippen molar-refractivity contribution in [3.05, 3.63) is 161 Å². The Labute approximate surface area is 239 Å². The Bertz CT molecular complexity index is 1580. The summed E-state index contributed by atoms with van der Waals surface area (Å²) in [7, 11) is 0. The van der Waals surface area contributed by atoms with E-state index in [2.05, 4.69) is 0 Å². The number of carbonyl (C=O) groups excluding carboxylic acids is 1. The van der Waals surface area contributed by atoms with Crippen molar-refractivity contribution >= 4 is 11.9 Å². The largest absolute Gasteiger partial charge is 0.507 e. The minimum Gasteiger partial charge on any atom is -0.507 e. The van der Waals surface area contributed by atoms with Crippen molar-refractivity contribution in [1.29, 1.82) is 0 Å². The third-order valence-corrected chi connectivity index (χ3v) is 6.37. The van der Waals surface area contributed by atoms with Crippen molar-refractivity contribution in [2.24, 2.45) is 0 Å². The van der Waals surface area contributed by atoms with Crippen LogP contribution in [-0.2, 0) is 19.8 Å². The predicted octanol–water partition coefficient (Wildman–Crippen LogP) is 8.03. The van der Waals surface area contributed by atoms with Gasteiger partial charge in [0.25, 0.3) is 0 Å². The van der Waals surface area contributed by atoms with E-state index >= 15 is 0 Å². The third-order valence-electron chi connectivity index (χ3n) is 6.37. The SMILES string of the molecule is O=C(/C=C/c1c(O)cc(OCc2ccccc2)cc1OCc1ccccc1)c1ccc(OCc2ccccc2)cc1. The summed E-state index contributed by atoms with van der Waals surface area (Å²) in [6, 6.07) is 39.7. The molecule has 0 saturated carbocycles. The van der Waals surface area contributed by atoms with Gasteiger partial charge in [0.2, 0.25) is 0 Å². The lowest BCUT2D eigenvalue weighted by molar-refractivity contribution is 0.104. The summed E-state index contributed by atoms with van der Waals surface area (Å²) >= 11 is 0. The fourth-order valence-electron chi connectivity index (χ4n) is 4.15. The highest BCUT2D eigenvalue weighted by Gasteiger charge is 2.13. The second kappa shape index (κ2) is 13.7. The van der Waals surface area contributed by atoms with Gasteiger partial charge in [0.15, 0.2) is 5.78 Å². The first-order valence-electron chi connectivity index (χ1n) is 13.3. The van der Waals surface area contributed by atoms with E-state index in [9.17, 15) is 9.90 Å². The Hall–Kier alpha value is -5.29. The maximum absolute atomic E-state index is 13.0. The number of phenolic OH excluding ortho intramolecular Hbond substituents is 1. The highest BCUT2D eigenvalue weighted by Crippen LogP contribution is 2.35. The second-order valence-corrected chi connectivity index (χ2v) is 9.40. The summed E-state index contributed by atoms with van der Waals surface area (Å²) in [6.45, 7) is 1.09. The van der Waals surface area contributed by atoms with Gasteiger partial charge in [0.1, 0.15) is 42.8 Å². The molecule has 0 spiro atoms. The van der Waals surface area contributed by atoms with E-state index < -0.39 is 0 Å². The van der Waals surface area contributed by atoms with Crippen LogP contribution in [0.2, 0.25) is 0 Å². The predicted molar refractivity (Wildman–Crippen MR) is 160 cm³/mol. The maximum atomic E-state index is 13.0. The summed E-state index contributed by atoms with van der Waals surface area (Å²) in [5, 5.41) is 10.9. The van der Waals surface area contributed by atoms with Gasteiger partial charge in [-0.2, -0.15) is 0 Å². The molecule has 0 radical (unpaired) electrons. The fraction of sp³-hybridized carbons (Fsp3) is 0.0833. The van der Waals surface area contributed by atoms with E-state index in [1.165, 1.54) is 12.1 Å². The number of hydrogen-bond donors (Lipinski definition) is 1. The average Bonchev–Trinajstić information content (AvgIpc) is 3.03. The highest BCUT2D eigenvalue weighted by molar-refractivity contribution is 6.07. The highest BCUT2D eigenvalue weighted by atomic mass is 16.5. The van der Waals surface area contributed by atoms with Crippen molar-refractivity contribution in [3.63, 3.8) is 0 Å². The minimum absolute atomic E-state index is 0.0488. The van der Waals surface area contributed by atoms with Crippen molar-refractivity contribution < 1.29 is 24.1 Å². The molecule has 5 aromatic carbocycles. The third kappa shape index (κ3) is 7.87. The first-order valence-corrected chi connectivity index (χ1v) is 13.3. The van der Waals surface area contributed by atoms with Gasteiger partial charge in [-0.05, 0) is 53.1 Å². The van der Waals surface area contributed by atoms with Crippen LogP contribution in [0.4, 0.5) is 0 Å². The molecule has 0 bridgehead atoms. The van der Waals surface area contributed by atoms with Crippen molar-refractivity contribution in [2.45, 2.75) is 19.8 Å². The van der Waals surface area contributed by atoms with Gasteiger partial charge in [-0.15, -0.1) is 0 Å². The normalized spacial score (nSPS) is 10.8. The van der Waals surface area contributed by atoms with Crippen LogP contribution in [0.15, 0.2) is 133 Å². The molecule has 0 aliphatic carbocycles. The number of ether oxygens (including phenoxy) is 3. The lowest BCUT2D eigenvalue weighted by Crippen LogP contribution is -2.00. The summed E-state index contributed by atoms with van der Waals surface area (Å²) in [4.78, 5) is 13.0. The van der Waals surface area contributed by atoms with Crippen LogP contribution in [0, 0.1) is 0 Å². The zero-order valence-electron chi connectivity index (χ0n) is 22.5. The van der Waals surface area contributed by atoms with Crippen LogP contribution < -0.4 is 14.2 Å². The number of ketones is 1. The molecule has 0 unspecified atom stereocenters. The topological polar surface area (TPSA) is 65.0 Å². The van der Waals surface area contributed by atoms with Crippen LogP contribution in [0.1, 0.15) is 32.6 Å². The number of benzene rings is 5. The number of rotatable bonds is 12. The van der Waals surface area contributed by atoms with Crippen LogP contribution in [0.5, 0.6) is 23.0 Å². The standard InChI is InChI=1S/C36H30O5/c37-34(30-16-18-31(19-17-30)39-24-27-10-4-1-5-11-27)21-20-33-35(38)22-32(40-25-28-12-6-2-7-13-28)23-36(33)41-26-29-14-8-3-9-15-29/h1-23,38H,24-26H2/b21-20+. The van der Waals surface area contributed by atoms with Crippen LogP contribution >= 0.6 is 0 Å². The zero-order chi connectivity index (χ0) is 28.3. The Morgan fingerprint density at radius 3 is 1.61 bits per heavy atom. The molecule has 5 nitrogen and oxygen atoms in total. The monoisotopic (exact) mass is 542 g/mol. The van der Waals surface area contributed by atoms with Crippen molar-refractivity contribution in [1.82, 2.24) is 0 Å². The maximum Gasteiger partial charge on any atom is 0.185 e. The summed E-state index contributed by atoms with van der Waals surface area (Å²) in [5.74, 6) is 1.29. The van der Waals surface area contributed by atoms with Crippen LogP contribution in [0.3, 0.4) is 0 Å². The lowest BCUT2D eigenvalue weighted by Gasteiger charge is -2.14. The number of allylic oxidation sites excluding steroid dienone is 1. The quantitative estimate of drug-likeness (QED) is 0.128. The molecule has 5 aromatic rings. The molecule has 0 saturated heterocycles. The van der Waals surface area contributed by atoms with Gasteiger partial charge in [-0.25, -0.2) is 0 Å². The molecule has 0 heterocycles. The number of carbonyl (C=O) groups is 1. The number of aromatic hydroxyl groups is 1. The van der Waals surface area contributed by atoms with Crippen molar-refractivity contribution in [3.8, 4) is 23.0 Å². The smallest absolute Gasteiger partial charge is 0.185 e. The summed E-state index contributed by atoms with van der Waals surface area (Å²) < 4.78 is 17.8. The summed E-state index contributed by atoms with van der Waals surface area (Å²) in [5.41, 5.74) is 3.94. The van der Waals surface area contributed by atoms with Gasteiger partial charge in [0, 0.05) is 17.7 Å². The van der Waals surface area contributed by atoms with Gasteiger partial charge in [0.05, 0.1) is 5.56 Å². The second-order valence-electron chi connectivity index (χ2n) is 9.40. The lowest BCUT2D eigenvalue weighted by atomic mass is 10.1. The van der Waals surface area contributed by atoms with E-state index in [1.807, 2.05) is 91.0 Å². The Kier molecular flexibility index (Phi) is 9.10.